The predicted octanol–water partition coefficient (Wildman–Crippen LogP) is 2.48. The zero-order valence-corrected chi connectivity index (χ0v) is 11.1. The topological polar surface area (TPSA) is 58.6 Å². The summed E-state index contributed by atoms with van der Waals surface area (Å²) in [7, 11) is 0. The van der Waals surface area contributed by atoms with E-state index in [1.165, 1.54) is 0 Å². The number of carboxylic acid groups (broad SMARTS) is 1. The van der Waals surface area contributed by atoms with Crippen molar-refractivity contribution in [1.29, 1.82) is 0 Å². The van der Waals surface area contributed by atoms with Crippen LogP contribution in [-0.2, 0) is 9.53 Å². The van der Waals surface area contributed by atoms with Gasteiger partial charge < -0.3 is 15.2 Å². The molecule has 1 aromatic carbocycles. The first-order valence-corrected chi connectivity index (χ1v) is 6.32. The van der Waals surface area contributed by atoms with E-state index in [0.717, 1.165) is 6.42 Å². The second kappa shape index (κ2) is 8.08. The SMILES string of the molecule is CCOCCCNC(C(=O)O)c1ccc(Cl)cc1. The Morgan fingerprint density at radius 3 is 2.67 bits per heavy atom. The van der Waals surface area contributed by atoms with E-state index < -0.39 is 12.0 Å². The number of hydrogen-bond donors (Lipinski definition) is 2. The average molecular weight is 272 g/mol. The van der Waals surface area contributed by atoms with Crippen LogP contribution in [0.3, 0.4) is 0 Å². The van der Waals surface area contributed by atoms with Crippen LogP contribution in [0.2, 0.25) is 5.02 Å². The van der Waals surface area contributed by atoms with Crippen LogP contribution in [0.4, 0.5) is 0 Å². The van der Waals surface area contributed by atoms with Gasteiger partial charge in [-0.2, -0.15) is 0 Å². The monoisotopic (exact) mass is 271 g/mol. The molecule has 0 aliphatic carbocycles. The third kappa shape index (κ3) is 5.04. The zero-order valence-electron chi connectivity index (χ0n) is 10.4. The highest BCUT2D eigenvalue weighted by atomic mass is 35.5. The first-order valence-electron chi connectivity index (χ1n) is 5.94. The van der Waals surface area contributed by atoms with Crippen LogP contribution in [0, 0.1) is 0 Å². The molecule has 4 nitrogen and oxygen atoms in total. The van der Waals surface area contributed by atoms with Crippen molar-refractivity contribution in [3.63, 3.8) is 0 Å². The van der Waals surface area contributed by atoms with Crippen LogP contribution >= 0.6 is 11.6 Å². The van der Waals surface area contributed by atoms with E-state index >= 15 is 0 Å². The first kappa shape index (κ1) is 15.0. The molecule has 0 aromatic heterocycles. The van der Waals surface area contributed by atoms with Crippen molar-refractivity contribution in [3.8, 4) is 0 Å². The van der Waals surface area contributed by atoms with E-state index in [0.29, 0.717) is 30.3 Å². The second-order valence-electron chi connectivity index (χ2n) is 3.83. The Morgan fingerprint density at radius 2 is 2.11 bits per heavy atom. The molecule has 0 spiro atoms. The molecular weight excluding hydrogens is 254 g/mol. The lowest BCUT2D eigenvalue weighted by atomic mass is 10.1. The Bertz CT molecular complexity index is 367. The fourth-order valence-electron chi connectivity index (χ4n) is 1.57. The summed E-state index contributed by atoms with van der Waals surface area (Å²) in [5.74, 6) is -0.895. The molecule has 100 valence electrons. The number of rotatable bonds is 8. The molecular formula is C13H18ClNO3. The van der Waals surface area contributed by atoms with Crippen molar-refractivity contribution in [2.45, 2.75) is 19.4 Å². The van der Waals surface area contributed by atoms with Gasteiger partial charge in [0.1, 0.15) is 6.04 Å². The van der Waals surface area contributed by atoms with Crippen LogP contribution < -0.4 is 5.32 Å². The van der Waals surface area contributed by atoms with Gasteiger partial charge >= 0.3 is 5.97 Å². The van der Waals surface area contributed by atoms with E-state index in [1.54, 1.807) is 24.3 Å². The van der Waals surface area contributed by atoms with Gasteiger partial charge in [-0.3, -0.25) is 4.79 Å². The van der Waals surface area contributed by atoms with Crippen molar-refractivity contribution < 1.29 is 14.6 Å². The van der Waals surface area contributed by atoms with Gasteiger partial charge in [-0.15, -0.1) is 0 Å². The number of aliphatic carboxylic acids is 1. The summed E-state index contributed by atoms with van der Waals surface area (Å²) >= 11 is 5.77. The van der Waals surface area contributed by atoms with E-state index in [4.69, 9.17) is 16.3 Å². The summed E-state index contributed by atoms with van der Waals surface area (Å²) < 4.78 is 5.19. The maximum Gasteiger partial charge on any atom is 0.325 e. The van der Waals surface area contributed by atoms with E-state index in [9.17, 15) is 9.90 Å². The molecule has 1 rings (SSSR count). The van der Waals surface area contributed by atoms with E-state index in [2.05, 4.69) is 5.32 Å². The fourth-order valence-corrected chi connectivity index (χ4v) is 1.69. The minimum absolute atomic E-state index is 0.597. The largest absolute Gasteiger partial charge is 0.480 e. The molecule has 0 aliphatic heterocycles. The minimum atomic E-state index is -0.895. The van der Waals surface area contributed by atoms with E-state index in [1.807, 2.05) is 6.92 Å². The van der Waals surface area contributed by atoms with Gasteiger partial charge in [0.25, 0.3) is 0 Å². The molecule has 0 amide bonds. The van der Waals surface area contributed by atoms with Crippen molar-refractivity contribution in [2.24, 2.45) is 0 Å². The van der Waals surface area contributed by atoms with Crippen LogP contribution in [0.5, 0.6) is 0 Å². The number of ether oxygens (including phenoxy) is 1. The summed E-state index contributed by atoms with van der Waals surface area (Å²) in [5.41, 5.74) is 0.698. The lowest BCUT2D eigenvalue weighted by Crippen LogP contribution is -2.29. The maximum atomic E-state index is 11.2. The number of halogens is 1. The zero-order chi connectivity index (χ0) is 13.4. The summed E-state index contributed by atoms with van der Waals surface area (Å²) in [4.78, 5) is 11.2. The lowest BCUT2D eigenvalue weighted by Gasteiger charge is -2.14. The third-order valence-electron chi connectivity index (χ3n) is 2.47. The molecule has 0 saturated carbocycles. The highest BCUT2D eigenvalue weighted by molar-refractivity contribution is 6.30. The molecule has 1 atom stereocenters. The van der Waals surface area contributed by atoms with Crippen molar-refractivity contribution in [1.82, 2.24) is 5.32 Å². The van der Waals surface area contributed by atoms with Crippen LogP contribution in [0.15, 0.2) is 24.3 Å². The van der Waals surface area contributed by atoms with Gasteiger partial charge in [0.05, 0.1) is 0 Å². The van der Waals surface area contributed by atoms with Crippen LogP contribution in [0.25, 0.3) is 0 Å². The summed E-state index contributed by atoms with van der Waals surface area (Å²) in [6.45, 7) is 3.84. The lowest BCUT2D eigenvalue weighted by molar-refractivity contribution is -0.139. The highest BCUT2D eigenvalue weighted by Gasteiger charge is 2.18. The van der Waals surface area contributed by atoms with Gasteiger partial charge in [-0.1, -0.05) is 23.7 Å². The minimum Gasteiger partial charge on any atom is -0.480 e. The molecule has 18 heavy (non-hydrogen) atoms. The maximum absolute atomic E-state index is 11.2. The molecule has 5 heteroatoms. The molecule has 2 N–H and O–H groups in total. The molecule has 0 aliphatic rings. The Kier molecular flexibility index (Phi) is 6.72. The third-order valence-corrected chi connectivity index (χ3v) is 2.72. The predicted molar refractivity (Wildman–Crippen MR) is 70.9 cm³/mol. The number of carbonyl (C=O) groups is 1. The second-order valence-corrected chi connectivity index (χ2v) is 4.26. The van der Waals surface area contributed by atoms with Crippen molar-refractivity contribution >= 4 is 17.6 Å². The standard InChI is InChI=1S/C13H18ClNO3/c1-2-18-9-3-8-15-12(13(16)17)10-4-6-11(14)7-5-10/h4-7,12,15H,2-3,8-9H2,1H3,(H,16,17). The Morgan fingerprint density at radius 1 is 1.44 bits per heavy atom. The molecule has 0 fully saturated rings. The Labute approximate surface area is 112 Å². The normalized spacial score (nSPS) is 12.3. The number of nitrogens with one attached hydrogen (secondary N) is 1. The first-order chi connectivity index (χ1) is 8.65. The Hall–Kier alpha value is -1.10. The summed E-state index contributed by atoms with van der Waals surface area (Å²) in [5, 5.41) is 12.8. The molecule has 0 bridgehead atoms. The van der Waals surface area contributed by atoms with Crippen molar-refractivity contribution in [2.75, 3.05) is 19.8 Å². The molecule has 1 aromatic rings. The van der Waals surface area contributed by atoms with Gasteiger partial charge in [0.2, 0.25) is 0 Å². The van der Waals surface area contributed by atoms with Crippen LogP contribution in [-0.4, -0.2) is 30.8 Å². The van der Waals surface area contributed by atoms with Gasteiger partial charge in [-0.25, -0.2) is 0 Å². The average Bonchev–Trinajstić information content (AvgIpc) is 2.35. The summed E-state index contributed by atoms with van der Waals surface area (Å²) in [6, 6.07) is 6.11. The van der Waals surface area contributed by atoms with Crippen molar-refractivity contribution in [3.05, 3.63) is 34.9 Å². The quantitative estimate of drug-likeness (QED) is 0.713. The van der Waals surface area contributed by atoms with Gasteiger partial charge in [-0.05, 0) is 37.6 Å². The smallest absolute Gasteiger partial charge is 0.325 e. The molecule has 0 radical (unpaired) electrons. The number of benzene rings is 1. The molecule has 1 unspecified atom stereocenters. The summed E-state index contributed by atoms with van der Waals surface area (Å²) in [6.07, 6.45) is 0.783. The van der Waals surface area contributed by atoms with Gasteiger partial charge in [0.15, 0.2) is 0 Å². The molecule has 0 heterocycles. The van der Waals surface area contributed by atoms with Crippen LogP contribution in [0.1, 0.15) is 24.9 Å². The number of hydrogen-bond acceptors (Lipinski definition) is 3. The molecule has 0 saturated heterocycles. The highest BCUT2D eigenvalue weighted by Crippen LogP contribution is 2.16. The number of carboxylic acids is 1. The fraction of sp³-hybridized carbons (Fsp3) is 0.462. The van der Waals surface area contributed by atoms with Gasteiger partial charge in [0, 0.05) is 18.2 Å². The Balaban J connectivity index is 2.50. The van der Waals surface area contributed by atoms with E-state index in [-0.39, 0.29) is 0 Å².